The molecule has 2 aromatic rings. The largest absolute Gasteiger partial charge is 0.338 e. The zero-order chi connectivity index (χ0) is 16.9. The lowest BCUT2D eigenvalue weighted by Gasteiger charge is -2.31. The molecule has 3 heteroatoms. The number of rotatable bonds is 4. The van der Waals surface area contributed by atoms with Crippen LogP contribution in [0.1, 0.15) is 41.3 Å². The summed E-state index contributed by atoms with van der Waals surface area (Å²) in [5, 5.41) is 0. The normalized spacial score (nSPS) is 17.8. The molecule has 0 bridgehead atoms. The Morgan fingerprint density at radius 1 is 1.12 bits per heavy atom. The molecule has 1 saturated heterocycles. The van der Waals surface area contributed by atoms with Crippen molar-refractivity contribution in [2.45, 2.75) is 37.3 Å². The third-order valence-corrected chi connectivity index (χ3v) is 5.65. The van der Waals surface area contributed by atoms with Crippen molar-refractivity contribution in [2.75, 3.05) is 13.1 Å². The van der Waals surface area contributed by atoms with Gasteiger partial charge in [0, 0.05) is 29.3 Å². The van der Waals surface area contributed by atoms with Gasteiger partial charge in [0.05, 0.1) is 0 Å². The molecule has 3 rings (SSSR count). The fourth-order valence-corrected chi connectivity index (χ4v) is 3.96. The van der Waals surface area contributed by atoms with Crippen molar-refractivity contribution in [1.29, 1.82) is 0 Å². The number of carbonyl (C=O) groups is 1. The van der Waals surface area contributed by atoms with E-state index in [9.17, 15) is 4.79 Å². The van der Waals surface area contributed by atoms with E-state index in [2.05, 4.69) is 50.2 Å². The summed E-state index contributed by atoms with van der Waals surface area (Å²) in [5.41, 5.74) is 3.35. The van der Waals surface area contributed by atoms with Crippen molar-refractivity contribution >= 4 is 17.7 Å². The van der Waals surface area contributed by atoms with Crippen molar-refractivity contribution < 1.29 is 4.79 Å². The molecular formula is C21H25NOS. The molecule has 2 aromatic carbocycles. The number of likely N-dealkylation sites (tertiary alicyclic amines) is 1. The molecule has 1 aliphatic rings. The van der Waals surface area contributed by atoms with Crippen LogP contribution < -0.4 is 0 Å². The number of hydrogen-bond donors (Lipinski definition) is 0. The minimum atomic E-state index is 0.180. The second-order valence-corrected chi connectivity index (χ2v) is 7.85. The number of nitrogens with zero attached hydrogens (tertiary/aromatic N) is 1. The highest BCUT2D eigenvalue weighted by atomic mass is 32.2. The molecule has 0 saturated carbocycles. The summed E-state index contributed by atoms with van der Waals surface area (Å²) in [7, 11) is 0. The molecule has 0 aliphatic carbocycles. The van der Waals surface area contributed by atoms with E-state index in [-0.39, 0.29) is 5.91 Å². The molecule has 0 aromatic heterocycles. The molecule has 1 atom stereocenters. The highest BCUT2D eigenvalue weighted by molar-refractivity contribution is 7.98. The van der Waals surface area contributed by atoms with Crippen molar-refractivity contribution in [3.8, 4) is 0 Å². The number of benzene rings is 2. The fourth-order valence-electron chi connectivity index (χ4n) is 3.10. The quantitative estimate of drug-likeness (QED) is 0.717. The van der Waals surface area contributed by atoms with E-state index in [0.717, 1.165) is 30.8 Å². The smallest absolute Gasteiger partial charge is 0.253 e. The van der Waals surface area contributed by atoms with Gasteiger partial charge in [-0.3, -0.25) is 4.79 Å². The number of thioether (sulfide) groups is 1. The van der Waals surface area contributed by atoms with Crippen LogP contribution in [0.25, 0.3) is 0 Å². The number of piperidine rings is 1. The first-order valence-corrected chi connectivity index (χ1v) is 9.68. The third kappa shape index (κ3) is 4.41. The SMILES string of the molecule is Cc1ccc(SCc2ccc(C(=O)N3CCC[C@H](C)C3)cc2)cc1. The molecular weight excluding hydrogens is 314 g/mol. The van der Waals surface area contributed by atoms with Crippen LogP contribution in [-0.2, 0) is 5.75 Å². The first kappa shape index (κ1) is 17.1. The zero-order valence-corrected chi connectivity index (χ0v) is 15.3. The van der Waals surface area contributed by atoms with E-state index in [1.165, 1.54) is 22.4 Å². The van der Waals surface area contributed by atoms with Crippen LogP contribution in [0.5, 0.6) is 0 Å². The number of hydrogen-bond acceptors (Lipinski definition) is 2. The van der Waals surface area contributed by atoms with Crippen LogP contribution in [-0.4, -0.2) is 23.9 Å². The lowest BCUT2D eigenvalue weighted by Crippen LogP contribution is -2.39. The Hall–Kier alpha value is -1.74. The van der Waals surface area contributed by atoms with Crippen LogP contribution in [0, 0.1) is 12.8 Å². The molecule has 1 fully saturated rings. The predicted octanol–water partition coefficient (Wildman–Crippen LogP) is 5.16. The van der Waals surface area contributed by atoms with Gasteiger partial charge >= 0.3 is 0 Å². The first-order valence-electron chi connectivity index (χ1n) is 8.69. The maximum Gasteiger partial charge on any atom is 0.253 e. The summed E-state index contributed by atoms with van der Waals surface area (Å²) >= 11 is 1.83. The van der Waals surface area contributed by atoms with Gasteiger partial charge in [-0.25, -0.2) is 0 Å². The second-order valence-electron chi connectivity index (χ2n) is 6.80. The summed E-state index contributed by atoms with van der Waals surface area (Å²) in [5.74, 6) is 1.73. The Balaban J connectivity index is 1.58. The van der Waals surface area contributed by atoms with E-state index in [1.54, 1.807) is 0 Å². The molecule has 0 radical (unpaired) electrons. The van der Waals surface area contributed by atoms with Crippen molar-refractivity contribution in [1.82, 2.24) is 4.90 Å². The topological polar surface area (TPSA) is 20.3 Å². The van der Waals surface area contributed by atoms with Crippen LogP contribution >= 0.6 is 11.8 Å². The molecule has 1 heterocycles. The number of amides is 1. The monoisotopic (exact) mass is 339 g/mol. The molecule has 0 spiro atoms. The molecule has 1 aliphatic heterocycles. The fraction of sp³-hybridized carbons (Fsp3) is 0.381. The maximum absolute atomic E-state index is 12.6. The Kier molecular flexibility index (Phi) is 5.62. The number of carbonyl (C=O) groups excluding carboxylic acids is 1. The van der Waals surface area contributed by atoms with Crippen molar-refractivity contribution in [2.24, 2.45) is 5.92 Å². The minimum absolute atomic E-state index is 0.180. The third-order valence-electron chi connectivity index (χ3n) is 4.57. The summed E-state index contributed by atoms with van der Waals surface area (Å²) < 4.78 is 0. The van der Waals surface area contributed by atoms with Gasteiger partial charge in [-0.05, 0) is 55.5 Å². The highest BCUT2D eigenvalue weighted by Gasteiger charge is 2.21. The minimum Gasteiger partial charge on any atom is -0.338 e. The lowest BCUT2D eigenvalue weighted by atomic mass is 9.99. The van der Waals surface area contributed by atoms with Gasteiger partial charge in [-0.2, -0.15) is 0 Å². The molecule has 0 unspecified atom stereocenters. The predicted molar refractivity (Wildman–Crippen MR) is 101 cm³/mol. The second kappa shape index (κ2) is 7.89. The molecule has 126 valence electrons. The van der Waals surface area contributed by atoms with Crippen LogP contribution in [0.4, 0.5) is 0 Å². The lowest BCUT2D eigenvalue weighted by molar-refractivity contribution is 0.0683. The molecule has 0 N–H and O–H groups in total. The Morgan fingerprint density at radius 3 is 2.50 bits per heavy atom. The van der Waals surface area contributed by atoms with Crippen LogP contribution in [0.15, 0.2) is 53.4 Å². The zero-order valence-electron chi connectivity index (χ0n) is 14.5. The first-order chi connectivity index (χ1) is 11.6. The summed E-state index contributed by atoms with van der Waals surface area (Å²) in [6.45, 7) is 6.12. The summed E-state index contributed by atoms with van der Waals surface area (Å²) in [6, 6.07) is 16.7. The van der Waals surface area contributed by atoms with E-state index in [4.69, 9.17) is 0 Å². The average Bonchev–Trinajstić information content (AvgIpc) is 2.61. The van der Waals surface area contributed by atoms with Gasteiger partial charge in [0.1, 0.15) is 0 Å². The molecule has 2 nitrogen and oxygen atoms in total. The average molecular weight is 340 g/mol. The van der Waals surface area contributed by atoms with E-state index < -0.39 is 0 Å². The Labute approximate surface area is 149 Å². The van der Waals surface area contributed by atoms with Crippen molar-refractivity contribution in [3.05, 3.63) is 65.2 Å². The Morgan fingerprint density at radius 2 is 1.83 bits per heavy atom. The standard InChI is InChI=1S/C21H25NOS/c1-16-5-11-20(12-6-16)24-15-18-7-9-19(10-8-18)21(23)22-13-3-4-17(2)14-22/h5-12,17H,3-4,13-15H2,1-2H3/t17-/m0/s1. The van der Waals surface area contributed by atoms with E-state index in [1.807, 2.05) is 28.8 Å². The molecule has 1 amide bonds. The highest BCUT2D eigenvalue weighted by Crippen LogP contribution is 2.24. The van der Waals surface area contributed by atoms with Gasteiger partial charge in [0.25, 0.3) is 5.91 Å². The summed E-state index contributed by atoms with van der Waals surface area (Å²) in [4.78, 5) is 15.9. The van der Waals surface area contributed by atoms with Gasteiger partial charge in [-0.15, -0.1) is 11.8 Å². The van der Waals surface area contributed by atoms with E-state index in [0.29, 0.717) is 5.92 Å². The summed E-state index contributed by atoms with van der Waals surface area (Å²) in [6.07, 6.45) is 2.36. The van der Waals surface area contributed by atoms with Gasteiger partial charge in [-0.1, -0.05) is 36.8 Å². The van der Waals surface area contributed by atoms with Crippen LogP contribution in [0.3, 0.4) is 0 Å². The van der Waals surface area contributed by atoms with Crippen molar-refractivity contribution in [3.63, 3.8) is 0 Å². The van der Waals surface area contributed by atoms with E-state index >= 15 is 0 Å². The van der Waals surface area contributed by atoms with Gasteiger partial charge in [0.2, 0.25) is 0 Å². The maximum atomic E-state index is 12.6. The van der Waals surface area contributed by atoms with Gasteiger partial charge in [0.15, 0.2) is 0 Å². The molecule has 24 heavy (non-hydrogen) atoms. The van der Waals surface area contributed by atoms with Gasteiger partial charge < -0.3 is 4.90 Å². The van der Waals surface area contributed by atoms with Crippen LogP contribution in [0.2, 0.25) is 0 Å². The Bertz CT molecular complexity index is 678. The number of aryl methyl sites for hydroxylation is 1.